The van der Waals surface area contributed by atoms with E-state index < -0.39 is 23.1 Å². The number of rotatable bonds is 7. The summed E-state index contributed by atoms with van der Waals surface area (Å²) in [6, 6.07) is 0. The highest BCUT2D eigenvalue weighted by Gasteiger charge is 2.68. The zero-order valence-electron chi connectivity index (χ0n) is 20.9. The molecule has 0 aliphatic heterocycles. The van der Waals surface area contributed by atoms with Crippen LogP contribution in [0.5, 0.6) is 0 Å². The second kappa shape index (κ2) is 9.69. The van der Waals surface area contributed by atoms with E-state index in [4.69, 9.17) is 16.3 Å². The molecule has 0 aromatic heterocycles. The van der Waals surface area contributed by atoms with Crippen LogP contribution in [0, 0.1) is 34.5 Å². The van der Waals surface area contributed by atoms with Crippen molar-refractivity contribution in [2.24, 2.45) is 34.5 Å². The molecule has 0 spiro atoms. The minimum Gasteiger partial charge on any atom is -0.462 e. The van der Waals surface area contributed by atoms with Crippen LogP contribution in [0.4, 0.5) is 4.39 Å². The molecule has 0 bridgehead atoms. The topological polar surface area (TPSA) is 63.6 Å². The Kier molecular flexibility index (Phi) is 7.37. The van der Waals surface area contributed by atoms with E-state index in [9.17, 15) is 14.7 Å². The van der Waals surface area contributed by atoms with Crippen molar-refractivity contribution in [2.75, 3.05) is 0 Å². The number of carbonyl (C=O) groups excluding carboxylic acids is 2. The van der Waals surface area contributed by atoms with Gasteiger partial charge in [0.1, 0.15) is 12.3 Å². The molecular formula is C28H40ClFO4. The van der Waals surface area contributed by atoms with E-state index in [2.05, 4.69) is 13.8 Å². The fourth-order valence-corrected chi connectivity index (χ4v) is 8.80. The Morgan fingerprint density at radius 3 is 2.74 bits per heavy atom. The summed E-state index contributed by atoms with van der Waals surface area (Å²) in [4.78, 5) is 24.2. The van der Waals surface area contributed by atoms with Gasteiger partial charge in [-0.2, -0.15) is 0 Å². The summed E-state index contributed by atoms with van der Waals surface area (Å²) < 4.78 is 21.6. The molecule has 0 aromatic rings. The molecule has 0 radical (unpaired) electrons. The van der Waals surface area contributed by atoms with Crippen LogP contribution in [0.25, 0.3) is 0 Å². The number of alkyl halides is 2. The highest BCUT2D eigenvalue weighted by molar-refractivity contribution is 6.21. The SMILES string of the molecule is CCCCCCC(Cl)[C@]12C[C@H](O)[C@H]3[C@@H](C[C@H](F)C4=CC(=O)C=C[C@@]43C)[C@@H]1C[C@@H](C)[C@H]2OC(C)=O. The largest absolute Gasteiger partial charge is 0.462 e. The Morgan fingerprint density at radius 2 is 2.06 bits per heavy atom. The molecule has 0 aromatic carbocycles. The third kappa shape index (κ3) is 4.09. The predicted molar refractivity (Wildman–Crippen MR) is 131 cm³/mol. The molecule has 6 heteroatoms. The van der Waals surface area contributed by atoms with E-state index in [1.54, 1.807) is 0 Å². The number of allylic oxidation sites excluding steroid dienone is 4. The molecular weight excluding hydrogens is 455 g/mol. The lowest BCUT2D eigenvalue weighted by molar-refractivity contribution is -0.174. The number of aliphatic hydroxyl groups excluding tert-OH is 1. The first-order valence-corrected chi connectivity index (χ1v) is 13.6. The number of fused-ring (bicyclic) bond motifs is 5. The first-order chi connectivity index (χ1) is 16.1. The normalized spacial score (nSPS) is 44.0. The van der Waals surface area contributed by atoms with Gasteiger partial charge in [-0.05, 0) is 61.2 Å². The van der Waals surface area contributed by atoms with Crippen molar-refractivity contribution in [3.05, 3.63) is 23.8 Å². The van der Waals surface area contributed by atoms with Gasteiger partial charge in [-0.25, -0.2) is 4.39 Å². The lowest BCUT2D eigenvalue weighted by atomic mass is 9.46. The van der Waals surface area contributed by atoms with Gasteiger partial charge in [0, 0.05) is 29.0 Å². The van der Waals surface area contributed by atoms with Crippen LogP contribution in [-0.4, -0.2) is 40.6 Å². The number of aliphatic hydroxyl groups is 1. The molecule has 190 valence electrons. The van der Waals surface area contributed by atoms with Crippen LogP contribution in [-0.2, 0) is 14.3 Å². The number of carbonyl (C=O) groups is 2. The van der Waals surface area contributed by atoms with Crippen LogP contribution >= 0.6 is 11.6 Å². The van der Waals surface area contributed by atoms with Gasteiger partial charge < -0.3 is 9.84 Å². The maximum atomic E-state index is 15.7. The molecule has 0 heterocycles. The number of esters is 1. The van der Waals surface area contributed by atoms with E-state index in [0.29, 0.717) is 12.0 Å². The molecule has 0 saturated heterocycles. The molecule has 3 fully saturated rings. The molecule has 4 aliphatic carbocycles. The van der Waals surface area contributed by atoms with Crippen LogP contribution in [0.3, 0.4) is 0 Å². The van der Waals surface area contributed by atoms with Crippen molar-refractivity contribution in [1.82, 2.24) is 0 Å². The predicted octanol–water partition coefficient (Wildman–Crippen LogP) is 5.95. The van der Waals surface area contributed by atoms with Gasteiger partial charge in [-0.1, -0.05) is 52.5 Å². The summed E-state index contributed by atoms with van der Waals surface area (Å²) in [5.41, 5.74) is -0.782. The monoisotopic (exact) mass is 494 g/mol. The molecule has 3 saturated carbocycles. The van der Waals surface area contributed by atoms with Crippen molar-refractivity contribution in [3.63, 3.8) is 0 Å². The summed E-state index contributed by atoms with van der Waals surface area (Å²) in [5.74, 6) is -0.675. The van der Waals surface area contributed by atoms with E-state index in [0.717, 1.165) is 38.5 Å². The first-order valence-electron chi connectivity index (χ1n) is 13.1. The van der Waals surface area contributed by atoms with Crippen LogP contribution in [0.1, 0.15) is 79.1 Å². The quantitative estimate of drug-likeness (QED) is 0.270. The summed E-state index contributed by atoms with van der Waals surface area (Å²) in [7, 11) is 0. The van der Waals surface area contributed by atoms with Crippen LogP contribution in [0.15, 0.2) is 23.8 Å². The third-order valence-corrected chi connectivity index (χ3v) is 10.2. The van der Waals surface area contributed by atoms with Gasteiger partial charge in [0.25, 0.3) is 0 Å². The lowest BCUT2D eigenvalue weighted by Gasteiger charge is -2.60. The van der Waals surface area contributed by atoms with Crippen molar-refractivity contribution in [3.8, 4) is 0 Å². The van der Waals surface area contributed by atoms with Gasteiger partial charge >= 0.3 is 5.97 Å². The van der Waals surface area contributed by atoms with E-state index >= 15 is 4.39 Å². The maximum Gasteiger partial charge on any atom is 0.302 e. The summed E-state index contributed by atoms with van der Waals surface area (Å²) in [5, 5.41) is 11.4. The Bertz CT molecular complexity index is 870. The standard InChI is InChI=1S/C28H40ClFO4/c1-5-6-7-8-9-24(29)28-15-23(33)25-19(20(28)12-16(2)26(28)34-17(3)31)14-22(30)21-13-18(32)10-11-27(21,25)4/h10-11,13,16,19-20,22-26,33H,5-9,12,14-15H2,1-4H3/t16-,19+,20+,22+,23+,24?,25-,26-,27+,28+/m1/s1. The number of ketones is 1. The molecule has 10 atom stereocenters. The average Bonchev–Trinajstić information content (AvgIpc) is 3.04. The van der Waals surface area contributed by atoms with Crippen molar-refractivity contribution in [1.29, 1.82) is 0 Å². The Morgan fingerprint density at radius 1 is 1.32 bits per heavy atom. The average molecular weight is 495 g/mol. The van der Waals surface area contributed by atoms with E-state index in [1.165, 1.54) is 19.1 Å². The minimum absolute atomic E-state index is 0.0524. The fraction of sp³-hybridized carbons (Fsp3) is 0.786. The molecule has 4 rings (SSSR count). The zero-order valence-corrected chi connectivity index (χ0v) is 21.7. The second-order valence-corrected chi connectivity index (χ2v) is 12.1. The maximum absolute atomic E-state index is 15.7. The van der Waals surface area contributed by atoms with Crippen LogP contribution < -0.4 is 0 Å². The number of hydrogen-bond donors (Lipinski definition) is 1. The number of hydrogen-bond acceptors (Lipinski definition) is 4. The van der Waals surface area contributed by atoms with E-state index in [-0.39, 0.29) is 53.3 Å². The van der Waals surface area contributed by atoms with Gasteiger partial charge in [-0.3, -0.25) is 9.59 Å². The number of unbranched alkanes of at least 4 members (excludes halogenated alkanes) is 3. The summed E-state index contributed by atoms with van der Waals surface area (Å²) in [6.07, 6.45) is 9.11. The first kappa shape index (κ1) is 25.9. The van der Waals surface area contributed by atoms with Gasteiger partial charge in [0.15, 0.2) is 5.78 Å². The Labute approximate surface area is 208 Å². The smallest absolute Gasteiger partial charge is 0.302 e. The lowest BCUT2D eigenvalue weighted by Crippen LogP contribution is -2.62. The van der Waals surface area contributed by atoms with Gasteiger partial charge in [0.05, 0.1) is 6.10 Å². The second-order valence-electron chi connectivity index (χ2n) is 11.6. The van der Waals surface area contributed by atoms with Gasteiger partial charge in [0.2, 0.25) is 0 Å². The highest BCUT2D eigenvalue weighted by Crippen LogP contribution is 2.68. The Hall–Kier alpha value is -1.20. The summed E-state index contributed by atoms with van der Waals surface area (Å²) in [6.45, 7) is 7.66. The molecule has 4 nitrogen and oxygen atoms in total. The zero-order chi connectivity index (χ0) is 24.8. The van der Waals surface area contributed by atoms with Crippen molar-refractivity contribution >= 4 is 23.4 Å². The van der Waals surface area contributed by atoms with Gasteiger partial charge in [-0.15, -0.1) is 11.6 Å². The molecule has 0 amide bonds. The Balaban J connectivity index is 1.73. The molecule has 34 heavy (non-hydrogen) atoms. The molecule has 1 unspecified atom stereocenters. The van der Waals surface area contributed by atoms with Crippen molar-refractivity contribution in [2.45, 2.75) is 103 Å². The van der Waals surface area contributed by atoms with Crippen molar-refractivity contribution < 1.29 is 23.8 Å². The van der Waals surface area contributed by atoms with E-state index in [1.807, 2.05) is 13.0 Å². The highest BCUT2D eigenvalue weighted by atomic mass is 35.5. The molecule has 4 aliphatic rings. The van der Waals surface area contributed by atoms with Crippen LogP contribution in [0.2, 0.25) is 0 Å². The summed E-state index contributed by atoms with van der Waals surface area (Å²) >= 11 is 7.23. The number of ether oxygens (including phenoxy) is 1. The third-order valence-electron chi connectivity index (χ3n) is 9.53. The number of halogens is 2. The fourth-order valence-electron chi connectivity index (χ4n) is 8.27. The molecule has 1 N–H and O–H groups in total. The minimum atomic E-state index is -1.23.